The molecule has 0 aliphatic rings. The van der Waals surface area contributed by atoms with Crippen LogP contribution in [0.15, 0.2) is 24.3 Å². The number of hydrogen-bond donors (Lipinski definition) is 2. The third-order valence-electron chi connectivity index (χ3n) is 2.72. The Morgan fingerprint density at radius 3 is 2.65 bits per heavy atom. The van der Waals surface area contributed by atoms with E-state index in [4.69, 9.17) is 5.73 Å². The zero-order chi connectivity index (χ0) is 14.5. The summed E-state index contributed by atoms with van der Waals surface area (Å²) in [5, 5.41) is 3.03. The highest BCUT2D eigenvalue weighted by molar-refractivity contribution is 5.45. The first-order chi connectivity index (χ1) is 9.58. The molecule has 0 fully saturated rings. The van der Waals surface area contributed by atoms with Gasteiger partial charge in [-0.1, -0.05) is 13.0 Å². The van der Waals surface area contributed by atoms with Crippen molar-refractivity contribution in [2.75, 3.05) is 11.1 Å². The largest absolute Gasteiger partial charge is 0.384 e. The van der Waals surface area contributed by atoms with E-state index in [2.05, 4.69) is 15.3 Å². The summed E-state index contributed by atoms with van der Waals surface area (Å²) in [6.07, 6.45) is 1.66. The minimum absolute atomic E-state index is 0.333. The van der Waals surface area contributed by atoms with Crippen molar-refractivity contribution in [3.8, 4) is 0 Å². The van der Waals surface area contributed by atoms with Crippen LogP contribution in [0.4, 0.5) is 20.4 Å². The number of nitrogens with one attached hydrogen (secondary N) is 1. The molecule has 0 radical (unpaired) electrons. The Labute approximate surface area is 116 Å². The van der Waals surface area contributed by atoms with Crippen molar-refractivity contribution in [1.29, 1.82) is 0 Å². The summed E-state index contributed by atoms with van der Waals surface area (Å²) in [6.45, 7) is 2.36. The fourth-order valence-electron chi connectivity index (χ4n) is 1.79. The molecule has 1 aromatic heterocycles. The van der Waals surface area contributed by atoms with Gasteiger partial charge in [-0.3, -0.25) is 0 Å². The molecule has 2 rings (SSSR count). The zero-order valence-electron chi connectivity index (χ0n) is 11.2. The molecule has 2 aromatic rings. The van der Waals surface area contributed by atoms with Crippen LogP contribution in [-0.4, -0.2) is 9.97 Å². The van der Waals surface area contributed by atoms with Crippen LogP contribution in [0.25, 0.3) is 0 Å². The van der Waals surface area contributed by atoms with E-state index in [0.717, 1.165) is 25.0 Å². The van der Waals surface area contributed by atoms with Crippen molar-refractivity contribution in [3.05, 3.63) is 47.3 Å². The predicted octanol–water partition coefficient (Wildman–Crippen LogP) is 2.90. The van der Waals surface area contributed by atoms with E-state index in [1.807, 2.05) is 6.92 Å². The highest BCUT2D eigenvalue weighted by atomic mass is 19.2. The van der Waals surface area contributed by atoms with Gasteiger partial charge in [0.1, 0.15) is 17.5 Å². The average molecular weight is 278 g/mol. The fourth-order valence-corrected chi connectivity index (χ4v) is 1.79. The van der Waals surface area contributed by atoms with Gasteiger partial charge in [0.2, 0.25) is 0 Å². The lowest BCUT2D eigenvalue weighted by atomic mass is 10.2. The molecule has 0 atom stereocenters. The second-order valence-corrected chi connectivity index (χ2v) is 4.45. The number of nitrogens with two attached hydrogens (primary N) is 1. The molecule has 0 unspecified atom stereocenters. The lowest BCUT2D eigenvalue weighted by molar-refractivity contribution is 0.507. The summed E-state index contributed by atoms with van der Waals surface area (Å²) in [5.41, 5.74) is 6.33. The molecule has 3 N–H and O–H groups in total. The van der Waals surface area contributed by atoms with E-state index in [-0.39, 0.29) is 0 Å². The molecule has 6 heteroatoms. The Kier molecular flexibility index (Phi) is 4.45. The number of nitrogen functional groups attached to an aromatic ring is 1. The molecule has 0 saturated heterocycles. The van der Waals surface area contributed by atoms with Gasteiger partial charge in [-0.15, -0.1) is 0 Å². The Bertz CT molecular complexity index is 602. The summed E-state index contributed by atoms with van der Waals surface area (Å²) >= 11 is 0. The molecule has 0 spiro atoms. The molecule has 106 valence electrons. The zero-order valence-corrected chi connectivity index (χ0v) is 11.2. The highest BCUT2D eigenvalue weighted by Gasteiger charge is 2.05. The van der Waals surface area contributed by atoms with E-state index in [9.17, 15) is 8.78 Å². The lowest BCUT2D eigenvalue weighted by Gasteiger charge is -2.08. The lowest BCUT2D eigenvalue weighted by Crippen LogP contribution is -2.07. The number of hydrogen-bond acceptors (Lipinski definition) is 4. The first-order valence-corrected chi connectivity index (χ1v) is 6.39. The molecule has 4 nitrogen and oxygen atoms in total. The van der Waals surface area contributed by atoms with Gasteiger partial charge < -0.3 is 11.1 Å². The monoisotopic (exact) mass is 278 g/mol. The Morgan fingerprint density at radius 1 is 1.15 bits per heavy atom. The van der Waals surface area contributed by atoms with E-state index < -0.39 is 11.6 Å². The first kappa shape index (κ1) is 14.2. The number of aryl methyl sites for hydroxylation is 1. The highest BCUT2D eigenvalue weighted by Crippen LogP contribution is 2.13. The van der Waals surface area contributed by atoms with Crippen molar-refractivity contribution in [2.24, 2.45) is 0 Å². The van der Waals surface area contributed by atoms with Gasteiger partial charge in [0.05, 0.1) is 0 Å². The second kappa shape index (κ2) is 6.27. The van der Waals surface area contributed by atoms with Gasteiger partial charge >= 0.3 is 0 Å². The molecule has 20 heavy (non-hydrogen) atoms. The molecule has 0 aliphatic carbocycles. The van der Waals surface area contributed by atoms with Crippen LogP contribution in [0.3, 0.4) is 0 Å². The van der Waals surface area contributed by atoms with Crippen molar-refractivity contribution in [2.45, 2.75) is 26.3 Å². The van der Waals surface area contributed by atoms with Crippen LogP contribution in [0, 0.1) is 11.6 Å². The van der Waals surface area contributed by atoms with Crippen LogP contribution < -0.4 is 11.1 Å². The number of benzene rings is 1. The van der Waals surface area contributed by atoms with Gasteiger partial charge in [0.15, 0.2) is 11.6 Å². The maximum atomic E-state index is 13.1. The average Bonchev–Trinajstić information content (AvgIpc) is 2.40. The summed E-state index contributed by atoms with van der Waals surface area (Å²) < 4.78 is 25.9. The van der Waals surface area contributed by atoms with E-state index in [1.165, 1.54) is 6.07 Å². The van der Waals surface area contributed by atoms with Crippen molar-refractivity contribution < 1.29 is 8.78 Å². The normalized spacial score (nSPS) is 10.6. The summed E-state index contributed by atoms with van der Waals surface area (Å²) in [7, 11) is 0. The quantitative estimate of drug-likeness (QED) is 0.882. The van der Waals surface area contributed by atoms with Gasteiger partial charge in [-0.05, 0) is 24.1 Å². The van der Waals surface area contributed by atoms with Crippen LogP contribution in [0.5, 0.6) is 0 Å². The molecule has 0 aliphatic heterocycles. The van der Waals surface area contributed by atoms with Crippen molar-refractivity contribution in [1.82, 2.24) is 9.97 Å². The SMILES string of the molecule is CCCc1nc(N)cc(NCc2ccc(F)c(F)c2)n1. The fraction of sp³-hybridized carbons (Fsp3) is 0.286. The molecular formula is C14H16F2N4. The minimum atomic E-state index is -0.863. The van der Waals surface area contributed by atoms with Gasteiger partial charge in [0, 0.05) is 19.0 Å². The van der Waals surface area contributed by atoms with Crippen LogP contribution in [0.2, 0.25) is 0 Å². The number of rotatable bonds is 5. The maximum absolute atomic E-state index is 13.1. The molecule has 1 heterocycles. The Hall–Kier alpha value is -2.24. The predicted molar refractivity (Wildman–Crippen MR) is 74.1 cm³/mol. The van der Waals surface area contributed by atoms with Crippen LogP contribution in [0.1, 0.15) is 24.7 Å². The first-order valence-electron chi connectivity index (χ1n) is 6.39. The Balaban J connectivity index is 2.08. The number of halogens is 2. The third kappa shape index (κ3) is 3.63. The second-order valence-electron chi connectivity index (χ2n) is 4.45. The van der Waals surface area contributed by atoms with E-state index in [1.54, 1.807) is 6.07 Å². The van der Waals surface area contributed by atoms with Crippen LogP contribution >= 0.6 is 0 Å². The van der Waals surface area contributed by atoms with Gasteiger partial charge in [-0.2, -0.15) is 0 Å². The molecule has 0 bridgehead atoms. The molecule has 1 aromatic carbocycles. The summed E-state index contributed by atoms with van der Waals surface area (Å²) in [4.78, 5) is 8.43. The number of anilines is 2. The Morgan fingerprint density at radius 2 is 1.95 bits per heavy atom. The van der Waals surface area contributed by atoms with Crippen LogP contribution in [-0.2, 0) is 13.0 Å². The summed E-state index contributed by atoms with van der Waals surface area (Å²) in [5.74, 6) is -0.0920. The third-order valence-corrected chi connectivity index (χ3v) is 2.72. The molecule has 0 amide bonds. The minimum Gasteiger partial charge on any atom is -0.384 e. The molecule has 0 saturated carbocycles. The number of aromatic nitrogens is 2. The summed E-state index contributed by atoms with van der Waals surface area (Å²) in [6, 6.07) is 5.38. The standard InChI is InChI=1S/C14H16F2N4/c1-2-3-13-19-12(17)7-14(20-13)18-8-9-4-5-10(15)11(16)6-9/h4-7H,2-3,8H2,1H3,(H3,17,18,19,20). The maximum Gasteiger partial charge on any atom is 0.159 e. The van der Waals surface area contributed by atoms with Crippen molar-refractivity contribution >= 4 is 11.6 Å². The smallest absolute Gasteiger partial charge is 0.159 e. The van der Waals surface area contributed by atoms with Crippen molar-refractivity contribution in [3.63, 3.8) is 0 Å². The van der Waals surface area contributed by atoms with E-state index >= 15 is 0 Å². The number of nitrogens with zero attached hydrogens (tertiary/aromatic N) is 2. The van der Waals surface area contributed by atoms with Gasteiger partial charge in [0.25, 0.3) is 0 Å². The van der Waals surface area contributed by atoms with Gasteiger partial charge in [-0.25, -0.2) is 18.7 Å². The van der Waals surface area contributed by atoms with E-state index in [0.29, 0.717) is 29.6 Å². The molecular weight excluding hydrogens is 262 g/mol. The topological polar surface area (TPSA) is 63.8 Å².